The van der Waals surface area contributed by atoms with Crippen molar-refractivity contribution in [3.63, 3.8) is 0 Å². The first-order valence-electron chi connectivity index (χ1n) is 14.6. The fraction of sp³-hybridized carbons (Fsp3) is 0.517. The van der Waals surface area contributed by atoms with Crippen LogP contribution in [0.2, 0.25) is 0 Å². The molecule has 1 amide bonds. The molecule has 2 aromatic rings. The van der Waals surface area contributed by atoms with Crippen molar-refractivity contribution in [2.45, 2.75) is 69.3 Å². The summed E-state index contributed by atoms with van der Waals surface area (Å²) in [7, 11) is 0. The van der Waals surface area contributed by atoms with Crippen molar-refractivity contribution in [2.24, 2.45) is 11.8 Å². The standard InChI is InChI=1S/C29H34N6O8S/c1-15-23-22(16(2)36)27(37)34(23)25(28(38)39)26(15)44-19-12-20(30-13-19)24(32-10-3-11-33-21(32)8-9-31-33)29(40)43-14-17-4-6-18(7-5-17)35(41)42/h4-9,15-16,19-20,22-24,30,36H,3,10-14H2,1-2H3,(H,38,39)/t15-,16-,19+,20+,22-,23-,24?/m1/s1. The Hall–Kier alpha value is -3.95. The molecule has 0 saturated carbocycles. The third kappa shape index (κ3) is 5.22. The van der Waals surface area contributed by atoms with E-state index in [-0.39, 0.29) is 41.1 Å². The molecular formula is C29H34N6O8S. The van der Waals surface area contributed by atoms with Gasteiger partial charge in [-0.25, -0.2) is 14.3 Å². The number of nitrogens with zero attached hydrogens (tertiary/aromatic N) is 5. The molecule has 15 heteroatoms. The summed E-state index contributed by atoms with van der Waals surface area (Å²) in [6.07, 6.45) is 2.14. The number of nitro groups is 1. The van der Waals surface area contributed by atoms with Crippen LogP contribution in [0.4, 0.5) is 11.5 Å². The van der Waals surface area contributed by atoms with Crippen LogP contribution in [0.15, 0.2) is 47.1 Å². The van der Waals surface area contributed by atoms with Gasteiger partial charge in [0, 0.05) is 59.9 Å². The number of benzene rings is 1. The molecule has 6 rings (SSSR count). The van der Waals surface area contributed by atoms with E-state index < -0.39 is 41.0 Å². The van der Waals surface area contributed by atoms with Gasteiger partial charge in [0.1, 0.15) is 24.2 Å². The van der Waals surface area contributed by atoms with Crippen LogP contribution < -0.4 is 10.2 Å². The van der Waals surface area contributed by atoms with E-state index in [1.807, 2.05) is 22.6 Å². The zero-order valence-electron chi connectivity index (χ0n) is 24.2. The molecule has 0 bridgehead atoms. The zero-order chi connectivity index (χ0) is 31.3. The molecule has 44 heavy (non-hydrogen) atoms. The predicted octanol–water partition coefficient (Wildman–Crippen LogP) is 1.73. The fourth-order valence-corrected chi connectivity index (χ4v) is 8.41. The van der Waals surface area contributed by atoms with E-state index in [1.165, 1.54) is 28.8 Å². The normalized spacial score (nSPS) is 27.4. The van der Waals surface area contributed by atoms with E-state index in [0.29, 0.717) is 30.0 Å². The Kier molecular flexibility index (Phi) is 8.11. The largest absolute Gasteiger partial charge is 0.477 e. The highest BCUT2D eigenvalue weighted by molar-refractivity contribution is 8.03. The number of hydrogen-bond donors (Lipinski definition) is 3. The summed E-state index contributed by atoms with van der Waals surface area (Å²) >= 11 is 1.42. The molecule has 4 aliphatic heterocycles. The van der Waals surface area contributed by atoms with Gasteiger partial charge in [-0.3, -0.25) is 14.9 Å². The van der Waals surface area contributed by atoms with Gasteiger partial charge in [-0.15, -0.1) is 11.8 Å². The van der Waals surface area contributed by atoms with Crippen molar-refractivity contribution in [1.82, 2.24) is 20.0 Å². The highest BCUT2D eigenvalue weighted by Crippen LogP contribution is 2.52. The number of esters is 1. The SMILES string of the molecule is C[C@@H](O)[C@H]1C(=O)N2C(C(=O)O)=C(S[C@@H]3CN[C@H](C(C(=O)OCc4ccc([N+](=O)[O-])cc4)N4CCCn5nccc54)C3)[C@H](C)[C@H]12. The molecule has 1 aromatic heterocycles. The first kappa shape index (κ1) is 30.1. The number of carboxylic acid groups (broad SMARTS) is 1. The van der Waals surface area contributed by atoms with Crippen LogP contribution in [0.5, 0.6) is 0 Å². The molecule has 7 atom stereocenters. The van der Waals surface area contributed by atoms with E-state index in [2.05, 4.69) is 10.4 Å². The molecule has 0 spiro atoms. The Balaban J connectivity index is 1.20. The topological polar surface area (TPSA) is 180 Å². The van der Waals surface area contributed by atoms with Crippen LogP contribution in [0, 0.1) is 22.0 Å². The van der Waals surface area contributed by atoms with Crippen LogP contribution in [-0.4, -0.2) is 90.2 Å². The summed E-state index contributed by atoms with van der Waals surface area (Å²) in [4.78, 5) is 53.3. The lowest BCUT2D eigenvalue weighted by Crippen LogP contribution is -2.63. The lowest BCUT2D eigenvalue weighted by molar-refractivity contribution is -0.384. The predicted molar refractivity (Wildman–Crippen MR) is 158 cm³/mol. The number of aliphatic hydroxyl groups is 1. The molecule has 1 aromatic carbocycles. The zero-order valence-corrected chi connectivity index (χ0v) is 25.1. The van der Waals surface area contributed by atoms with Crippen molar-refractivity contribution in [3.8, 4) is 0 Å². The number of fused-ring (bicyclic) bond motifs is 2. The number of carbonyl (C=O) groups is 3. The Morgan fingerprint density at radius 3 is 2.68 bits per heavy atom. The number of thioether (sulfide) groups is 1. The summed E-state index contributed by atoms with van der Waals surface area (Å²) < 4.78 is 7.64. The van der Waals surface area contributed by atoms with Gasteiger partial charge < -0.3 is 30.1 Å². The molecule has 1 unspecified atom stereocenters. The highest BCUT2D eigenvalue weighted by atomic mass is 32.2. The van der Waals surface area contributed by atoms with Gasteiger partial charge in [0.05, 0.1) is 29.2 Å². The summed E-state index contributed by atoms with van der Waals surface area (Å²) in [5.74, 6) is -2.07. The summed E-state index contributed by atoms with van der Waals surface area (Å²) in [6.45, 7) is 5.25. The number of nitrogens with one attached hydrogen (secondary N) is 1. The monoisotopic (exact) mass is 626 g/mol. The number of β-lactam (4-membered cyclic amide) rings is 1. The number of carbonyl (C=O) groups excluding carboxylic acids is 2. The molecule has 2 fully saturated rings. The van der Waals surface area contributed by atoms with Crippen molar-refractivity contribution < 1.29 is 34.3 Å². The van der Waals surface area contributed by atoms with E-state index >= 15 is 0 Å². The number of nitro benzene ring substituents is 1. The van der Waals surface area contributed by atoms with Crippen LogP contribution in [0.1, 0.15) is 32.3 Å². The molecule has 0 radical (unpaired) electrons. The average Bonchev–Trinajstić information content (AvgIpc) is 3.71. The van der Waals surface area contributed by atoms with E-state index in [0.717, 1.165) is 18.8 Å². The molecule has 2 saturated heterocycles. The summed E-state index contributed by atoms with van der Waals surface area (Å²) in [5, 5.41) is 39.0. The second kappa shape index (κ2) is 11.9. The van der Waals surface area contributed by atoms with Crippen LogP contribution >= 0.6 is 11.8 Å². The summed E-state index contributed by atoms with van der Waals surface area (Å²) in [6, 6.07) is 6.30. The Bertz CT molecular complexity index is 1510. The third-order valence-electron chi connectivity index (χ3n) is 8.97. The number of amides is 1. The van der Waals surface area contributed by atoms with E-state index in [9.17, 15) is 34.7 Å². The fourth-order valence-electron chi connectivity index (χ4n) is 6.91. The van der Waals surface area contributed by atoms with Crippen LogP contribution in [0.25, 0.3) is 0 Å². The maximum Gasteiger partial charge on any atom is 0.353 e. The van der Waals surface area contributed by atoms with Gasteiger partial charge in [0.2, 0.25) is 5.91 Å². The number of carboxylic acids is 1. The molecular weight excluding hydrogens is 592 g/mol. The van der Waals surface area contributed by atoms with Crippen LogP contribution in [-0.2, 0) is 32.3 Å². The Labute approximate surface area is 257 Å². The quantitative estimate of drug-likeness (QED) is 0.151. The number of aromatic nitrogens is 2. The highest BCUT2D eigenvalue weighted by Gasteiger charge is 2.60. The van der Waals surface area contributed by atoms with Crippen molar-refractivity contribution in [3.05, 3.63) is 62.8 Å². The number of hydrogen-bond acceptors (Lipinski definition) is 11. The maximum absolute atomic E-state index is 13.8. The van der Waals surface area contributed by atoms with Crippen molar-refractivity contribution >= 4 is 41.1 Å². The molecule has 5 heterocycles. The van der Waals surface area contributed by atoms with Gasteiger partial charge in [0.25, 0.3) is 5.69 Å². The molecule has 234 valence electrons. The lowest BCUT2D eigenvalue weighted by Gasteiger charge is -2.46. The lowest BCUT2D eigenvalue weighted by atomic mass is 9.79. The number of aliphatic hydroxyl groups excluding tert-OH is 1. The van der Waals surface area contributed by atoms with Crippen molar-refractivity contribution in [2.75, 3.05) is 18.0 Å². The van der Waals surface area contributed by atoms with Gasteiger partial charge >= 0.3 is 11.9 Å². The number of aryl methyl sites for hydroxylation is 1. The first-order chi connectivity index (χ1) is 21.1. The second-order valence-electron chi connectivity index (χ2n) is 11.7. The number of non-ortho nitro benzene ring substituents is 1. The van der Waals surface area contributed by atoms with Gasteiger partial charge in [-0.1, -0.05) is 6.92 Å². The second-order valence-corrected chi connectivity index (χ2v) is 13.0. The van der Waals surface area contributed by atoms with Crippen LogP contribution in [0.3, 0.4) is 0 Å². The van der Waals surface area contributed by atoms with E-state index in [1.54, 1.807) is 25.3 Å². The van der Waals surface area contributed by atoms with Gasteiger partial charge in [0.15, 0.2) is 0 Å². The number of rotatable bonds is 10. The Morgan fingerprint density at radius 2 is 2.00 bits per heavy atom. The number of aliphatic carboxylic acids is 1. The molecule has 4 aliphatic rings. The first-order valence-corrected chi connectivity index (χ1v) is 15.5. The van der Waals surface area contributed by atoms with Gasteiger partial charge in [-0.2, -0.15) is 5.10 Å². The minimum Gasteiger partial charge on any atom is -0.477 e. The minimum atomic E-state index is -1.17. The molecule has 0 aliphatic carbocycles. The average molecular weight is 627 g/mol. The third-order valence-corrected chi connectivity index (χ3v) is 10.5. The number of ether oxygens (including phenoxy) is 1. The minimum absolute atomic E-state index is 0.0168. The summed E-state index contributed by atoms with van der Waals surface area (Å²) in [5.41, 5.74) is 0.556. The smallest absolute Gasteiger partial charge is 0.353 e. The maximum atomic E-state index is 13.8. The Morgan fingerprint density at radius 1 is 1.25 bits per heavy atom. The number of anilines is 1. The van der Waals surface area contributed by atoms with Gasteiger partial charge in [-0.05, 0) is 37.5 Å². The molecule has 3 N–H and O–H groups in total. The van der Waals surface area contributed by atoms with Crippen molar-refractivity contribution in [1.29, 1.82) is 0 Å². The van der Waals surface area contributed by atoms with E-state index in [4.69, 9.17) is 4.74 Å². The molecule has 14 nitrogen and oxygen atoms in total.